The number of carbonyl (C=O) groups is 1. The van der Waals surface area contributed by atoms with Crippen LogP contribution >= 0.6 is 11.6 Å². The Bertz CT molecular complexity index is 1130. The van der Waals surface area contributed by atoms with Gasteiger partial charge in [0.2, 0.25) is 15.9 Å². The van der Waals surface area contributed by atoms with Crippen molar-refractivity contribution in [1.29, 1.82) is 0 Å². The lowest BCUT2D eigenvalue weighted by Gasteiger charge is -2.29. The van der Waals surface area contributed by atoms with Crippen LogP contribution in [0, 0.1) is 0 Å². The minimum absolute atomic E-state index is 0.0236. The van der Waals surface area contributed by atoms with Crippen LogP contribution in [-0.2, 0) is 21.4 Å². The molecule has 9 heteroatoms. The maximum atomic E-state index is 13.5. The maximum absolute atomic E-state index is 13.5. The fourth-order valence-electron chi connectivity index (χ4n) is 3.45. The summed E-state index contributed by atoms with van der Waals surface area (Å²) in [7, 11) is -3.95. The summed E-state index contributed by atoms with van der Waals surface area (Å²) in [5, 5.41) is 3.26. The Morgan fingerprint density at radius 2 is 1.93 bits per heavy atom. The molecule has 152 valence electrons. The van der Waals surface area contributed by atoms with Gasteiger partial charge in [-0.1, -0.05) is 11.6 Å². The first-order valence-electron chi connectivity index (χ1n) is 9.33. The van der Waals surface area contributed by atoms with E-state index in [4.69, 9.17) is 16.0 Å². The molecule has 1 saturated heterocycles. The van der Waals surface area contributed by atoms with Gasteiger partial charge in [-0.25, -0.2) is 13.4 Å². The lowest BCUT2D eigenvalue weighted by Crippen LogP contribution is -2.48. The lowest BCUT2D eigenvalue weighted by atomic mass is 10.1. The van der Waals surface area contributed by atoms with E-state index in [9.17, 15) is 13.2 Å². The van der Waals surface area contributed by atoms with Crippen LogP contribution in [0.1, 0.15) is 25.0 Å². The number of carbonyl (C=O) groups excluding carboxylic acids is 1. The van der Waals surface area contributed by atoms with Crippen LogP contribution in [0.2, 0.25) is 5.02 Å². The van der Waals surface area contributed by atoms with Crippen molar-refractivity contribution in [3.05, 3.63) is 59.4 Å². The van der Waals surface area contributed by atoms with Gasteiger partial charge >= 0.3 is 0 Å². The monoisotopic (exact) mass is 433 g/mol. The molecule has 1 N–H and O–H groups in total. The maximum Gasteiger partial charge on any atom is 0.244 e. The number of rotatable bonds is 5. The average Bonchev–Trinajstić information content (AvgIpc) is 3.07. The van der Waals surface area contributed by atoms with Crippen LogP contribution < -0.4 is 5.32 Å². The van der Waals surface area contributed by atoms with Crippen molar-refractivity contribution < 1.29 is 17.6 Å². The van der Waals surface area contributed by atoms with Crippen molar-refractivity contribution in [1.82, 2.24) is 14.6 Å². The van der Waals surface area contributed by atoms with E-state index in [-0.39, 0.29) is 17.3 Å². The number of nitrogens with zero attached hydrogens (tertiary/aromatic N) is 2. The van der Waals surface area contributed by atoms with Crippen molar-refractivity contribution in [2.45, 2.75) is 36.7 Å². The van der Waals surface area contributed by atoms with Gasteiger partial charge in [-0.05, 0) is 55.7 Å². The van der Waals surface area contributed by atoms with Crippen LogP contribution in [0.5, 0.6) is 0 Å². The molecule has 0 spiro atoms. The molecule has 1 aromatic carbocycles. The number of benzene rings is 1. The summed E-state index contributed by atoms with van der Waals surface area (Å²) in [6.07, 6.45) is 3.55. The van der Waals surface area contributed by atoms with Crippen molar-refractivity contribution in [2.24, 2.45) is 0 Å². The highest BCUT2D eigenvalue weighted by Gasteiger charge is 2.36. The van der Waals surface area contributed by atoms with Crippen LogP contribution in [0.25, 0.3) is 11.1 Å². The molecule has 1 amide bonds. The number of amides is 1. The third-order valence-corrected chi connectivity index (χ3v) is 7.08. The van der Waals surface area contributed by atoms with Gasteiger partial charge in [0.1, 0.15) is 11.6 Å². The number of furan rings is 1. The molecule has 0 bridgehead atoms. The van der Waals surface area contributed by atoms with Gasteiger partial charge in [-0.2, -0.15) is 4.31 Å². The van der Waals surface area contributed by atoms with E-state index in [2.05, 4.69) is 10.3 Å². The third kappa shape index (κ3) is 4.14. The number of nitrogens with one attached hydrogen (secondary N) is 1. The largest absolute Gasteiger partial charge is 0.463 e. The SMILES string of the molecule is O=C1NCCCC[C@H]1N(Cc1ccc2occc2n1)S(=O)(=O)c1ccc(Cl)cc1. The summed E-state index contributed by atoms with van der Waals surface area (Å²) in [6.45, 7) is 0.521. The fraction of sp³-hybridized carbons (Fsp3) is 0.300. The van der Waals surface area contributed by atoms with Gasteiger partial charge < -0.3 is 9.73 Å². The smallest absolute Gasteiger partial charge is 0.244 e. The number of hydrogen-bond acceptors (Lipinski definition) is 5. The zero-order valence-electron chi connectivity index (χ0n) is 15.5. The van der Waals surface area contributed by atoms with Crippen molar-refractivity contribution in [2.75, 3.05) is 6.54 Å². The highest BCUT2D eigenvalue weighted by atomic mass is 35.5. The highest BCUT2D eigenvalue weighted by molar-refractivity contribution is 7.89. The highest BCUT2D eigenvalue weighted by Crippen LogP contribution is 2.26. The second kappa shape index (κ2) is 8.14. The summed E-state index contributed by atoms with van der Waals surface area (Å²) >= 11 is 5.92. The number of halogens is 1. The van der Waals surface area contributed by atoms with E-state index >= 15 is 0 Å². The summed E-state index contributed by atoms with van der Waals surface area (Å²) in [5.74, 6) is -0.288. The summed E-state index contributed by atoms with van der Waals surface area (Å²) in [6, 6.07) is 10.3. The molecule has 1 aliphatic heterocycles. The molecule has 0 radical (unpaired) electrons. The minimum Gasteiger partial charge on any atom is -0.463 e. The molecule has 29 heavy (non-hydrogen) atoms. The Hall–Kier alpha value is -2.42. The summed E-state index contributed by atoms with van der Waals surface area (Å²) in [4.78, 5) is 17.2. The Morgan fingerprint density at radius 3 is 2.72 bits per heavy atom. The van der Waals surface area contributed by atoms with Gasteiger partial charge in [0.05, 0.1) is 23.4 Å². The molecule has 7 nitrogen and oxygen atoms in total. The van der Waals surface area contributed by atoms with E-state index in [1.165, 1.54) is 34.8 Å². The van der Waals surface area contributed by atoms with Gasteiger partial charge in [0.15, 0.2) is 5.58 Å². The third-order valence-electron chi connectivity index (χ3n) is 4.96. The molecule has 0 unspecified atom stereocenters. The van der Waals surface area contributed by atoms with Crippen molar-refractivity contribution in [3.8, 4) is 0 Å². The summed E-state index contributed by atoms with van der Waals surface area (Å²) < 4.78 is 33.5. The van der Waals surface area contributed by atoms with Gasteiger partial charge in [0, 0.05) is 17.6 Å². The molecule has 4 rings (SSSR count). The first-order valence-corrected chi connectivity index (χ1v) is 11.2. The number of sulfonamides is 1. The molecule has 0 saturated carbocycles. The zero-order valence-corrected chi connectivity index (χ0v) is 17.1. The molecule has 2 aromatic heterocycles. The Kier molecular flexibility index (Phi) is 5.58. The van der Waals surface area contributed by atoms with Crippen LogP contribution in [0.4, 0.5) is 0 Å². The first kappa shape index (κ1) is 19.9. The van der Waals surface area contributed by atoms with Gasteiger partial charge in [0.25, 0.3) is 0 Å². The average molecular weight is 434 g/mol. The first-order chi connectivity index (χ1) is 13.9. The Labute approximate surface area is 173 Å². The topological polar surface area (TPSA) is 92.5 Å². The molecular formula is C20H20ClN3O4S. The van der Waals surface area contributed by atoms with Crippen LogP contribution in [0.15, 0.2) is 58.0 Å². The quantitative estimate of drug-likeness (QED) is 0.666. The van der Waals surface area contributed by atoms with Gasteiger partial charge in [-0.3, -0.25) is 4.79 Å². The van der Waals surface area contributed by atoms with E-state index < -0.39 is 16.1 Å². The van der Waals surface area contributed by atoms with Crippen molar-refractivity contribution >= 4 is 38.6 Å². The number of aromatic nitrogens is 1. The Morgan fingerprint density at radius 1 is 1.14 bits per heavy atom. The Balaban J connectivity index is 1.75. The predicted octanol–water partition coefficient (Wildman–Crippen LogP) is 3.34. The molecule has 1 atom stereocenters. The second-order valence-electron chi connectivity index (χ2n) is 6.91. The lowest BCUT2D eigenvalue weighted by molar-refractivity contribution is -0.124. The van der Waals surface area contributed by atoms with Crippen LogP contribution in [-0.4, -0.2) is 36.2 Å². The number of pyridine rings is 1. The molecule has 3 heterocycles. The standard InChI is InChI=1S/C20H20ClN3O4S/c21-14-4-7-16(8-5-14)29(26,27)24(18-3-1-2-11-22-20(18)25)13-15-6-9-19-17(23-15)10-12-28-19/h4-10,12,18H,1-3,11,13H2,(H,22,25)/t18-/m1/s1. The molecule has 1 fully saturated rings. The van der Waals surface area contributed by atoms with Crippen molar-refractivity contribution in [3.63, 3.8) is 0 Å². The van der Waals surface area contributed by atoms with Gasteiger partial charge in [-0.15, -0.1) is 0 Å². The minimum atomic E-state index is -3.95. The number of hydrogen-bond donors (Lipinski definition) is 1. The molecular weight excluding hydrogens is 414 g/mol. The van der Waals surface area contributed by atoms with E-state index in [0.717, 1.165) is 12.8 Å². The molecule has 3 aromatic rings. The predicted molar refractivity (Wildman–Crippen MR) is 109 cm³/mol. The fourth-order valence-corrected chi connectivity index (χ4v) is 5.16. The number of fused-ring (bicyclic) bond motifs is 1. The van der Waals surface area contributed by atoms with E-state index in [1.54, 1.807) is 18.2 Å². The second-order valence-corrected chi connectivity index (χ2v) is 9.24. The molecule has 1 aliphatic rings. The van der Waals surface area contributed by atoms with E-state index in [1.807, 2.05) is 0 Å². The molecule has 0 aliphatic carbocycles. The van der Waals surface area contributed by atoms with E-state index in [0.29, 0.717) is 34.8 Å². The summed E-state index contributed by atoms with van der Waals surface area (Å²) in [5.41, 5.74) is 1.79. The normalized spacial score (nSPS) is 18.0. The van der Waals surface area contributed by atoms with Crippen LogP contribution in [0.3, 0.4) is 0 Å². The zero-order chi connectivity index (χ0) is 20.4.